The molecule has 2 rings (SSSR count). The van der Waals surface area contributed by atoms with Crippen LogP contribution in [-0.4, -0.2) is 26.4 Å². The van der Waals surface area contributed by atoms with Gasteiger partial charge in [-0.2, -0.15) is 0 Å². The van der Waals surface area contributed by atoms with Gasteiger partial charge in [-0.25, -0.2) is 4.39 Å². The van der Waals surface area contributed by atoms with Crippen LogP contribution in [-0.2, 0) is 0 Å². The topological polar surface area (TPSA) is 24.9 Å². The number of hydrogen-bond donors (Lipinski definition) is 1. The first-order valence-electron chi connectivity index (χ1n) is 7.47. The van der Waals surface area contributed by atoms with Crippen molar-refractivity contribution in [2.75, 3.05) is 18.6 Å². The summed E-state index contributed by atoms with van der Waals surface area (Å²) in [5, 5.41) is 4.34. The first kappa shape index (κ1) is 17.7. The van der Waals surface area contributed by atoms with E-state index < -0.39 is 8.07 Å². The van der Waals surface area contributed by atoms with Gasteiger partial charge in [0.1, 0.15) is 13.9 Å². The van der Waals surface area contributed by atoms with E-state index in [4.69, 9.17) is 0 Å². The number of pyridine rings is 1. The van der Waals surface area contributed by atoms with Crippen LogP contribution in [0.15, 0.2) is 36.7 Å². The third-order valence-corrected chi connectivity index (χ3v) is 5.33. The van der Waals surface area contributed by atoms with Crippen molar-refractivity contribution in [3.8, 4) is 11.5 Å². The maximum absolute atomic E-state index is 14.4. The van der Waals surface area contributed by atoms with Crippen LogP contribution in [0.25, 0.3) is 0 Å². The van der Waals surface area contributed by atoms with Crippen LogP contribution in [0.1, 0.15) is 5.56 Å². The van der Waals surface area contributed by atoms with Crippen molar-refractivity contribution in [1.29, 1.82) is 0 Å². The van der Waals surface area contributed by atoms with E-state index in [1.807, 2.05) is 12.1 Å². The van der Waals surface area contributed by atoms with E-state index in [1.165, 1.54) is 11.4 Å². The molecule has 1 N–H and O–H groups in total. The maximum Gasteiger partial charge on any atom is 0.147 e. The van der Waals surface area contributed by atoms with Crippen LogP contribution in [0.5, 0.6) is 0 Å². The van der Waals surface area contributed by atoms with Gasteiger partial charge in [-0.05, 0) is 37.6 Å². The zero-order chi connectivity index (χ0) is 17.0. The maximum atomic E-state index is 14.4. The van der Waals surface area contributed by atoms with Crippen molar-refractivity contribution in [3.63, 3.8) is 0 Å². The molecule has 0 atom stereocenters. The average Bonchev–Trinajstić information content (AvgIpc) is 2.47. The number of hydrogen-bond acceptors (Lipinski definition) is 2. The Balaban J connectivity index is 2.27. The fourth-order valence-electron chi connectivity index (χ4n) is 1.97. The van der Waals surface area contributed by atoms with Gasteiger partial charge in [0.05, 0.1) is 17.6 Å². The van der Waals surface area contributed by atoms with Crippen molar-refractivity contribution >= 4 is 32.7 Å². The molecule has 0 unspecified atom stereocenters. The second kappa shape index (κ2) is 7.25. The van der Waals surface area contributed by atoms with Crippen LogP contribution < -0.4 is 10.6 Å². The molecular formula is C18H22FN2PSi. The molecule has 2 nitrogen and oxygen atoms in total. The Hall–Kier alpha value is -1.69. The van der Waals surface area contributed by atoms with Crippen LogP contribution >= 0.6 is 7.92 Å². The summed E-state index contributed by atoms with van der Waals surface area (Å²) in [5.74, 6) is 2.79. The lowest BCUT2D eigenvalue weighted by Crippen LogP contribution is -2.16. The van der Waals surface area contributed by atoms with Gasteiger partial charge in [-0.1, -0.05) is 33.5 Å². The fourth-order valence-corrected chi connectivity index (χ4v) is 3.45. The van der Waals surface area contributed by atoms with Crippen LogP contribution in [0, 0.1) is 17.3 Å². The molecule has 0 spiro atoms. The molecular weight excluding hydrogens is 322 g/mol. The zero-order valence-electron chi connectivity index (χ0n) is 14.2. The molecule has 1 heterocycles. The number of aromatic nitrogens is 1. The molecule has 23 heavy (non-hydrogen) atoms. The van der Waals surface area contributed by atoms with Gasteiger partial charge in [0.2, 0.25) is 0 Å². The molecule has 0 aliphatic carbocycles. The van der Waals surface area contributed by atoms with Crippen LogP contribution in [0.2, 0.25) is 19.6 Å². The number of benzene rings is 1. The van der Waals surface area contributed by atoms with Gasteiger partial charge in [-0.3, -0.25) is 4.98 Å². The number of halogens is 1. The summed E-state index contributed by atoms with van der Waals surface area (Å²) in [5.41, 5.74) is 5.29. The Kier molecular flexibility index (Phi) is 5.57. The zero-order valence-corrected chi connectivity index (χ0v) is 16.1. The minimum atomic E-state index is -1.46. The Morgan fingerprint density at radius 2 is 1.87 bits per heavy atom. The average molecular weight is 344 g/mol. The first-order valence-corrected chi connectivity index (χ1v) is 13.2. The Morgan fingerprint density at radius 1 is 1.13 bits per heavy atom. The molecule has 5 heteroatoms. The molecule has 0 bridgehead atoms. The van der Waals surface area contributed by atoms with E-state index in [1.54, 1.807) is 18.5 Å². The third-order valence-electron chi connectivity index (χ3n) is 3.10. The van der Waals surface area contributed by atoms with E-state index in [9.17, 15) is 4.39 Å². The van der Waals surface area contributed by atoms with Gasteiger partial charge in [-0.15, -0.1) is 5.54 Å². The van der Waals surface area contributed by atoms with Gasteiger partial charge < -0.3 is 5.32 Å². The van der Waals surface area contributed by atoms with Crippen molar-refractivity contribution < 1.29 is 4.39 Å². The Morgan fingerprint density at radius 3 is 2.48 bits per heavy atom. The molecule has 0 amide bonds. The second-order valence-corrected chi connectivity index (χ2v) is 13.6. The van der Waals surface area contributed by atoms with E-state index >= 15 is 0 Å². The van der Waals surface area contributed by atoms with Crippen molar-refractivity contribution in [3.05, 3.63) is 48.0 Å². The fraction of sp³-hybridized carbons (Fsp3) is 0.278. The van der Waals surface area contributed by atoms with Crippen molar-refractivity contribution in [2.24, 2.45) is 0 Å². The highest BCUT2D eigenvalue weighted by Crippen LogP contribution is 2.29. The molecule has 0 aliphatic heterocycles. The van der Waals surface area contributed by atoms with Crippen molar-refractivity contribution in [1.82, 2.24) is 4.98 Å². The first-order chi connectivity index (χ1) is 10.8. The smallest absolute Gasteiger partial charge is 0.147 e. The quantitative estimate of drug-likeness (QED) is 0.502. The standard InChI is InChI=1S/C18H22FN2PSi/c1-22(2)18-8-10-20-13-17(18)21-16-7-6-14(12-15(16)19)9-11-23(3,4)5/h6-8,10,12-13,21H,1-5H3. The molecule has 120 valence electrons. The Bertz CT molecular complexity index is 758. The van der Waals surface area contributed by atoms with E-state index in [0.717, 1.165) is 11.3 Å². The summed E-state index contributed by atoms with van der Waals surface area (Å²) < 4.78 is 14.4. The number of anilines is 2. The molecule has 0 saturated carbocycles. The minimum Gasteiger partial charge on any atom is -0.351 e. The molecule has 0 aliphatic rings. The summed E-state index contributed by atoms with van der Waals surface area (Å²) in [6.07, 6.45) is 3.52. The summed E-state index contributed by atoms with van der Waals surface area (Å²) in [4.78, 5) is 4.14. The Labute approximate surface area is 140 Å². The highest BCUT2D eigenvalue weighted by atomic mass is 31.1. The highest BCUT2D eigenvalue weighted by molar-refractivity contribution is 7.64. The third kappa shape index (κ3) is 5.16. The van der Waals surface area contributed by atoms with Gasteiger partial charge in [0.15, 0.2) is 0 Å². The molecule has 2 aromatic rings. The largest absolute Gasteiger partial charge is 0.351 e. The summed E-state index contributed by atoms with van der Waals surface area (Å²) >= 11 is 0. The summed E-state index contributed by atoms with van der Waals surface area (Å²) in [6.45, 7) is 10.8. The SMILES string of the molecule is CP(C)c1ccncc1Nc1ccc(C#C[Si](C)(C)C)cc1F. The van der Waals surface area contributed by atoms with E-state index in [0.29, 0.717) is 5.69 Å². The molecule has 0 fully saturated rings. The summed E-state index contributed by atoms with van der Waals surface area (Å²) in [7, 11) is -1.75. The van der Waals surface area contributed by atoms with E-state index in [-0.39, 0.29) is 13.7 Å². The predicted molar refractivity (Wildman–Crippen MR) is 103 cm³/mol. The lowest BCUT2D eigenvalue weighted by molar-refractivity contribution is 0.631. The minimum absolute atomic E-state index is 0.290. The highest BCUT2D eigenvalue weighted by Gasteiger charge is 2.10. The van der Waals surface area contributed by atoms with E-state index in [2.05, 4.69) is 54.7 Å². The monoisotopic (exact) mass is 344 g/mol. The second-order valence-electron chi connectivity index (χ2n) is 6.61. The number of nitrogens with zero attached hydrogens (tertiary/aromatic N) is 1. The van der Waals surface area contributed by atoms with Gasteiger partial charge in [0.25, 0.3) is 0 Å². The van der Waals surface area contributed by atoms with Crippen LogP contribution in [0.4, 0.5) is 15.8 Å². The molecule has 1 aromatic heterocycles. The summed E-state index contributed by atoms with van der Waals surface area (Å²) in [6, 6.07) is 7.08. The molecule has 0 saturated heterocycles. The normalized spacial score (nSPS) is 11.1. The van der Waals surface area contributed by atoms with Crippen LogP contribution in [0.3, 0.4) is 0 Å². The molecule has 0 radical (unpaired) electrons. The predicted octanol–water partition coefficient (Wildman–Crippen LogP) is 4.56. The van der Waals surface area contributed by atoms with Crippen molar-refractivity contribution in [2.45, 2.75) is 19.6 Å². The number of nitrogens with one attached hydrogen (secondary N) is 1. The van der Waals surface area contributed by atoms with Gasteiger partial charge >= 0.3 is 0 Å². The van der Waals surface area contributed by atoms with Gasteiger partial charge in [0, 0.05) is 17.1 Å². The number of rotatable bonds is 3. The lowest BCUT2D eigenvalue weighted by atomic mass is 10.2. The molecule has 1 aromatic carbocycles. The lowest BCUT2D eigenvalue weighted by Gasteiger charge is -2.14.